The molecule has 1 N–H and O–H groups in total. The third kappa shape index (κ3) is 5.52. The highest BCUT2D eigenvalue weighted by atomic mass is 79.9. The van der Waals surface area contributed by atoms with E-state index < -0.39 is 29.8 Å². The van der Waals surface area contributed by atoms with Crippen LogP contribution in [0.25, 0.3) is 0 Å². The molecule has 0 amide bonds. The Morgan fingerprint density at radius 2 is 2.03 bits per heavy atom. The number of aromatic nitrogens is 2. The van der Waals surface area contributed by atoms with E-state index in [1.807, 2.05) is 19.3 Å². The van der Waals surface area contributed by atoms with Crippen LogP contribution in [-0.4, -0.2) is 28.2 Å². The minimum atomic E-state index is -2.87. The third-order valence-electron chi connectivity index (χ3n) is 6.05. The molecule has 1 aromatic carbocycles. The van der Waals surface area contributed by atoms with Crippen molar-refractivity contribution in [3.05, 3.63) is 54.1 Å². The number of imidazole rings is 1. The molecule has 0 unspecified atom stereocenters. The quantitative estimate of drug-likeness (QED) is 0.333. The van der Waals surface area contributed by atoms with Gasteiger partial charge in [0.05, 0.1) is 19.2 Å². The van der Waals surface area contributed by atoms with E-state index in [2.05, 4.69) is 23.0 Å². The molecule has 0 saturated heterocycles. The average Bonchev–Trinajstić information content (AvgIpc) is 3.27. The standard InChI is InChI=1S/C23H31F2N2O3.BrH/c1-17(2)27-14-13-26(18(27)3)12-7-15-30-21(28)23(29,19-8-5-4-6-9-19)20-10-11-22(24,25)16-20;/h4-6,8-9,13-14,17,20,29H,7,10-12,15-16H2,1-3H3;1H/q+1;/p-1/t20-,23+;/m1./s1. The summed E-state index contributed by atoms with van der Waals surface area (Å²) in [4.78, 5) is 12.9. The molecule has 2 aromatic rings. The van der Waals surface area contributed by atoms with Gasteiger partial charge in [-0.2, -0.15) is 0 Å². The molecule has 1 aliphatic carbocycles. The molecule has 0 spiro atoms. The van der Waals surface area contributed by atoms with Crippen molar-refractivity contribution >= 4 is 5.97 Å². The monoisotopic (exact) mass is 500 g/mol. The van der Waals surface area contributed by atoms with Crippen molar-refractivity contribution in [1.82, 2.24) is 4.57 Å². The summed E-state index contributed by atoms with van der Waals surface area (Å²) in [6, 6.07) is 8.65. The van der Waals surface area contributed by atoms with E-state index in [1.165, 1.54) is 0 Å². The van der Waals surface area contributed by atoms with Crippen molar-refractivity contribution in [1.29, 1.82) is 0 Å². The minimum absolute atomic E-state index is 0. The van der Waals surface area contributed by atoms with E-state index in [4.69, 9.17) is 4.74 Å². The van der Waals surface area contributed by atoms with E-state index in [1.54, 1.807) is 30.3 Å². The van der Waals surface area contributed by atoms with Crippen LogP contribution in [0, 0.1) is 12.8 Å². The van der Waals surface area contributed by atoms with Gasteiger partial charge in [0.2, 0.25) is 5.92 Å². The first-order valence-electron chi connectivity index (χ1n) is 10.5. The lowest BCUT2D eigenvalue weighted by Crippen LogP contribution is -3.00. The number of alkyl halides is 2. The molecule has 31 heavy (non-hydrogen) atoms. The Morgan fingerprint density at radius 1 is 1.35 bits per heavy atom. The van der Waals surface area contributed by atoms with Crippen LogP contribution in [0.4, 0.5) is 8.78 Å². The lowest BCUT2D eigenvalue weighted by atomic mass is 9.80. The fourth-order valence-corrected chi connectivity index (χ4v) is 4.33. The second kappa shape index (κ2) is 10.2. The molecule has 8 heteroatoms. The van der Waals surface area contributed by atoms with Crippen LogP contribution in [0.2, 0.25) is 0 Å². The summed E-state index contributed by atoms with van der Waals surface area (Å²) in [5, 5.41) is 11.3. The molecule has 2 atom stereocenters. The van der Waals surface area contributed by atoms with Gasteiger partial charge in [0.15, 0.2) is 5.60 Å². The molecule has 1 fully saturated rings. The first-order valence-corrected chi connectivity index (χ1v) is 10.5. The van der Waals surface area contributed by atoms with E-state index in [-0.39, 0.29) is 36.4 Å². The summed E-state index contributed by atoms with van der Waals surface area (Å²) in [6.45, 7) is 7.01. The number of aryl methyl sites for hydroxylation is 1. The maximum Gasteiger partial charge on any atom is 0.343 e. The van der Waals surface area contributed by atoms with Gasteiger partial charge in [-0.3, -0.25) is 0 Å². The number of carbonyl (C=O) groups is 1. The summed E-state index contributed by atoms with van der Waals surface area (Å²) < 4.78 is 37.3. The number of esters is 1. The molecule has 172 valence electrons. The van der Waals surface area contributed by atoms with Crippen LogP contribution >= 0.6 is 0 Å². The van der Waals surface area contributed by atoms with Gasteiger partial charge >= 0.3 is 5.97 Å². The SMILES string of the molecule is Cc1n(C(C)C)cc[n+]1CCCOC(=O)[C@](O)(c1ccccc1)[C@@H]1CCC(F)(F)C1.[Br-]. The van der Waals surface area contributed by atoms with Gasteiger partial charge in [0, 0.05) is 32.1 Å². The largest absolute Gasteiger partial charge is 1.00 e. The Morgan fingerprint density at radius 3 is 2.58 bits per heavy atom. The number of carbonyl (C=O) groups excluding carboxylic acids is 1. The summed E-state index contributed by atoms with van der Waals surface area (Å²) >= 11 is 0. The third-order valence-corrected chi connectivity index (χ3v) is 6.05. The first-order chi connectivity index (χ1) is 14.1. The smallest absolute Gasteiger partial charge is 0.343 e. The molecule has 1 heterocycles. The Hall–Kier alpha value is -1.80. The van der Waals surface area contributed by atoms with E-state index in [0.717, 1.165) is 5.82 Å². The normalized spacial score (nSPS) is 19.6. The molecular formula is C23H31BrF2N2O3. The number of benzene rings is 1. The lowest BCUT2D eigenvalue weighted by molar-refractivity contribution is -0.703. The second-order valence-corrected chi connectivity index (χ2v) is 8.46. The molecule has 1 saturated carbocycles. The zero-order valence-corrected chi connectivity index (χ0v) is 19.8. The number of hydrogen-bond acceptors (Lipinski definition) is 3. The van der Waals surface area contributed by atoms with Crippen LogP contribution in [0.15, 0.2) is 42.7 Å². The van der Waals surface area contributed by atoms with Crippen molar-refractivity contribution in [2.45, 2.75) is 70.6 Å². The summed E-state index contributed by atoms with van der Waals surface area (Å²) in [5.74, 6) is -3.49. The highest BCUT2D eigenvalue weighted by Gasteiger charge is 2.54. The zero-order chi connectivity index (χ0) is 21.9. The lowest BCUT2D eigenvalue weighted by Gasteiger charge is -2.32. The summed E-state index contributed by atoms with van der Waals surface area (Å²) in [5.41, 5.74) is -1.76. The number of rotatable bonds is 8. The van der Waals surface area contributed by atoms with Crippen molar-refractivity contribution in [3.8, 4) is 0 Å². The van der Waals surface area contributed by atoms with Crippen molar-refractivity contribution in [2.24, 2.45) is 5.92 Å². The topological polar surface area (TPSA) is 55.3 Å². The number of ether oxygens (including phenoxy) is 1. The van der Waals surface area contributed by atoms with Crippen LogP contribution < -0.4 is 21.5 Å². The highest BCUT2D eigenvalue weighted by molar-refractivity contribution is 5.81. The molecule has 0 radical (unpaired) electrons. The van der Waals surface area contributed by atoms with Crippen molar-refractivity contribution in [2.75, 3.05) is 6.61 Å². The fourth-order valence-electron chi connectivity index (χ4n) is 4.33. The van der Waals surface area contributed by atoms with Crippen LogP contribution in [0.3, 0.4) is 0 Å². The van der Waals surface area contributed by atoms with Crippen LogP contribution in [0.1, 0.15) is 57.0 Å². The maximum atomic E-state index is 13.8. The minimum Gasteiger partial charge on any atom is -1.00 e. The van der Waals surface area contributed by atoms with E-state index in [0.29, 0.717) is 24.6 Å². The van der Waals surface area contributed by atoms with Gasteiger partial charge in [-0.15, -0.1) is 0 Å². The molecule has 0 aliphatic heterocycles. The van der Waals surface area contributed by atoms with Crippen LogP contribution in [0.5, 0.6) is 0 Å². The summed E-state index contributed by atoms with van der Waals surface area (Å²) in [7, 11) is 0. The van der Waals surface area contributed by atoms with E-state index >= 15 is 0 Å². The van der Waals surface area contributed by atoms with Gasteiger partial charge in [0.1, 0.15) is 12.4 Å². The van der Waals surface area contributed by atoms with Crippen molar-refractivity contribution < 1.29 is 45.0 Å². The van der Waals surface area contributed by atoms with Crippen molar-refractivity contribution in [3.63, 3.8) is 0 Å². The van der Waals surface area contributed by atoms with Gasteiger partial charge in [0.25, 0.3) is 5.82 Å². The number of halogens is 3. The maximum absolute atomic E-state index is 13.8. The van der Waals surface area contributed by atoms with Gasteiger partial charge in [-0.25, -0.2) is 22.7 Å². The van der Waals surface area contributed by atoms with Gasteiger partial charge in [-0.1, -0.05) is 30.3 Å². The Bertz CT molecular complexity index is 873. The molecule has 1 aromatic heterocycles. The highest BCUT2D eigenvalue weighted by Crippen LogP contribution is 2.47. The second-order valence-electron chi connectivity index (χ2n) is 8.46. The average molecular weight is 501 g/mol. The Labute approximate surface area is 192 Å². The van der Waals surface area contributed by atoms with Crippen LogP contribution in [-0.2, 0) is 21.7 Å². The Balaban J connectivity index is 0.00000341. The predicted molar refractivity (Wildman–Crippen MR) is 108 cm³/mol. The number of aliphatic hydroxyl groups is 1. The van der Waals surface area contributed by atoms with Gasteiger partial charge in [-0.05, 0) is 25.8 Å². The number of nitrogens with zero attached hydrogens (tertiary/aromatic N) is 2. The molecule has 5 nitrogen and oxygen atoms in total. The molecular weight excluding hydrogens is 470 g/mol. The molecule has 1 aliphatic rings. The first kappa shape index (κ1) is 25.5. The Kier molecular flexibility index (Phi) is 8.39. The fraction of sp³-hybridized carbons (Fsp3) is 0.565. The predicted octanol–water partition coefficient (Wildman–Crippen LogP) is 0.925. The molecule has 3 rings (SSSR count). The molecule has 0 bridgehead atoms. The van der Waals surface area contributed by atoms with Gasteiger partial charge < -0.3 is 26.8 Å². The number of hydrogen-bond donors (Lipinski definition) is 1. The zero-order valence-electron chi connectivity index (χ0n) is 18.2. The van der Waals surface area contributed by atoms with E-state index in [9.17, 15) is 18.7 Å². The summed E-state index contributed by atoms with van der Waals surface area (Å²) in [6.07, 6.45) is 3.78.